The summed E-state index contributed by atoms with van der Waals surface area (Å²) in [5.74, 6) is -0.496. The van der Waals surface area contributed by atoms with Crippen LogP contribution in [0.5, 0.6) is 0 Å². The van der Waals surface area contributed by atoms with Crippen molar-refractivity contribution in [1.29, 1.82) is 0 Å². The van der Waals surface area contributed by atoms with Crippen LogP contribution in [0.2, 0.25) is 0 Å². The van der Waals surface area contributed by atoms with E-state index in [-0.39, 0.29) is 17.6 Å². The SMILES string of the molecule is Nc1c(C2CCNCC2)nnc2ccc(C(c3ccc(F)cc3)c3ccc(F)cc3)cc12. The van der Waals surface area contributed by atoms with Crippen LogP contribution in [-0.4, -0.2) is 23.3 Å². The van der Waals surface area contributed by atoms with Crippen LogP contribution in [0.4, 0.5) is 14.5 Å². The molecule has 1 fully saturated rings. The Balaban J connectivity index is 1.64. The Bertz CT molecular complexity index is 1190. The minimum Gasteiger partial charge on any atom is -0.397 e. The van der Waals surface area contributed by atoms with Gasteiger partial charge >= 0.3 is 0 Å². The molecule has 4 nitrogen and oxygen atoms in total. The summed E-state index contributed by atoms with van der Waals surface area (Å²) < 4.78 is 27.2. The zero-order chi connectivity index (χ0) is 22.1. The molecular formula is C26H24F2N4. The Morgan fingerprint density at radius 1 is 0.781 bits per heavy atom. The summed E-state index contributed by atoms with van der Waals surface area (Å²) in [6, 6.07) is 18.8. The summed E-state index contributed by atoms with van der Waals surface area (Å²) in [4.78, 5) is 0. The Hall–Kier alpha value is -3.38. The third kappa shape index (κ3) is 3.94. The van der Waals surface area contributed by atoms with Crippen molar-refractivity contribution in [2.75, 3.05) is 18.8 Å². The van der Waals surface area contributed by atoms with Gasteiger partial charge < -0.3 is 11.1 Å². The highest BCUT2D eigenvalue weighted by Gasteiger charge is 2.23. The molecule has 32 heavy (non-hydrogen) atoms. The molecule has 0 spiro atoms. The number of nitrogens with one attached hydrogen (secondary N) is 1. The number of fused-ring (bicyclic) bond motifs is 1. The van der Waals surface area contributed by atoms with Crippen molar-refractivity contribution in [3.63, 3.8) is 0 Å². The highest BCUT2D eigenvalue weighted by molar-refractivity contribution is 5.91. The molecule has 0 bridgehead atoms. The monoisotopic (exact) mass is 430 g/mol. The molecule has 6 heteroatoms. The third-order valence-corrected chi connectivity index (χ3v) is 6.32. The summed E-state index contributed by atoms with van der Waals surface area (Å²) >= 11 is 0. The molecule has 2 heterocycles. The minimum absolute atomic E-state index is 0.199. The van der Waals surface area contributed by atoms with Gasteiger partial charge in [0.05, 0.1) is 16.9 Å². The van der Waals surface area contributed by atoms with E-state index in [0.717, 1.165) is 59.2 Å². The van der Waals surface area contributed by atoms with Crippen LogP contribution < -0.4 is 11.1 Å². The lowest BCUT2D eigenvalue weighted by Gasteiger charge is -2.23. The van der Waals surface area contributed by atoms with Crippen molar-refractivity contribution in [3.05, 3.63) is 101 Å². The molecule has 0 aliphatic carbocycles. The Kier molecular flexibility index (Phi) is 5.53. The Morgan fingerprint density at radius 3 is 1.94 bits per heavy atom. The van der Waals surface area contributed by atoms with Crippen molar-refractivity contribution >= 4 is 16.6 Å². The fourth-order valence-corrected chi connectivity index (χ4v) is 4.62. The predicted molar refractivity (Wildman–Crippen MR) is 123 cm³/mol. The quantitative estimate of drug-likeness (QED) is 0.440. The fraction of sp³-hybridized carbons (Fsp3) is 0.231. The summed E-state index contributed by atoms with van der Waals surface area (Å²) in [7, 11) is 0. The second-order valence-electron chi connectivity index (χ2n) is 8.34. The van der Waals surface area contributed by atoms with Gasteiger partial charge in [0.15, 0.2) is 0 Å². The molecule has 3 aromatic carbocycles. The van der Waals surface area contributed by atoms with E-state index >= 15 is 0 Å². The minimum atomic E-state index is -0.295. The molecule has 4 aromatic rings. The first-order valence-corrected chi connectivity index (χ1v) is 10.9. The largest absolute Gasteiger partial charge is 0.397 e. The molecule has 1 saturated heterocycles. The van der Waals surface area contributed by atoms with Gasteiger partial charge in [0, 0.05) is 17.2 Å². The average Bonchev–Trinajstić information content (AvgIpc) is 2.83. The van der Waals surface area contributed by atoms with Crippen molar-refractivity contribution < 1.29 is 8.78 Å². The number of rotatable bonds is 4. The zero-order valence-corrected chi connectivity index (χ0v) is 17.6. The van der Waals surface area contributed by atoms with Gasteiger partial charge in [-0.2, -0.15) is 10.2 Å². The van der Waals surface area contributed by atoms with Gasteiger partial charge in [-0.15, -0.1) is 0 Å². The van der Waals surface area contributed by atoms with Crippen molar-refractivity contribution in [2.45, 2.75) is 24.7 Å². The molecule has 0 amide bonds. The molecule has 0 unspecified atom stereocenters. The Morgan fingerprint density at radius 2 is 1.34 bits per heavy atom. The number of hydrogen-bond acceptors (Lipinski definition) is 4. The maximum absolute atomic E-state index is 13.6. The molecule has 3 N–H and O–H groups in total. The zero-order valence-electron chi connectivity index (χ0n) is 17.6. The van der Waals surface area contributed by atoms with Crippen LogP contribution in [0, 0.1) is 11.6 Å². The maximum atomic E-state index is 13.6. The second kappa shape index (κ2) is 8.63. The first kappa shape index (κ1) is 20.5. The van der Waals surface area contributed by atoms with Crippen molar-refractivity contribution in [3.8, 4) is 0 Å². The average molecular weight is 431 g/mol. The van der Waals surface area contributed by atoms with Crippen LogP contribution in [0.1, 0.15) is 47.1 Å². The van der Waals surface area contributed by atoms with Crippen LogP contribution in [0.3, 0.4) is 0 Å². The van der Waals surface area contributed by atoms with Crippen molar-refractivity contribution in [1.82, 2.24) is 15.5 Å². The molecule has 1 aliphatic rings. The standard InChI is InChI=1S/C26H24F2N4/c27-20-6-1-16(2-7-20)24(17-3-8-21(28)9-4-17)19-5-10-23-22(15-19)25(29)26(32-31-23)18-11-13-30-14-12-18/h1-10,15,18,24,30H,11-14H2,(H2,29,31). The van der Waals surface area contributed by atoms with Crippen LogP contribution in [0.15, 0.2) is 66.7 Å². The van der Waals surface area contributed by atoms with E-state index in [9.17, 15) is 8.78 Å². The molecular weight excluding hydrogens is 406 g/mol. The normalized spacial score (nSPS) is 14.8. The van der Waals surface area contributed by atoms with E-state index in [1.807, 2.05) is 18.2 Å². The van der Waals surface area contributed by atoms with E-state index in [2.05, 4.69) is 15.5 Å². The highest BCUT2D eigenvalue weighted by Crippen LogP contribution is 2.36. The van der Waals surface area contributed by atoms with Gasteiger partial charge in [0.25, 0.3) is 0 Å². The van der Waals surface area contributed by atoms with E-state index in [1.54, 1.807) is 24.3 Å². The molecule has 0 radical (unpaired) electrons. The summed E-state index contributed by atoms with van der Waals surface area (Å²) in [5.41, 5.74) is 11.7. The number of nitrogens with two attached hydrogens (primary N) is 1. The number of aromatic nitrogens is 2. The van der Waals surface area contributed by atoms with Gasteiger partial charge in [-0.1, -0.05) is 30.3 Å². The second-order valence-corrected chi connectivity index (χ2v) is 8.34. The lowest BCUT2D eigenvalue weighted by molar-refractivity contribution is 0.452. The molecule has 162 valence electrons. The van der Waals surface area contributed by atoms with Gasteiger partial charge in [-0.05, 0) is 79.0 Å². The summed E-state index contributed by atoms with van der Waals surface area (Å²) in [5, 5.41) is 13.1. The van der Waals surface area contributed by atoms with Gasteiger partial charge in [0.2, 0.25) is 0 Å². The number of hydrogen-bond donors (Lipinski definition) is 2. The first-order valence-electron chi connectivity index (χ1n) is 10.9. The number of halogens is 2. The van der Waals surface area contributed by atoms with Crippen LogP contribution in [0.25, 0.3) is 10.9 Å². The lowest BCUT2D eigenvalue weighted by Crippen LogP contribution is -2.27. The van der Waals surface area contributed by atoms with Crippen LogP contribution in [-0.2, 0) is 0 Å². The van der Waals surface area contributed by atoms with E-state index < -0.39 is 0 Å². The number of benzene rings is 3. The number of nitrogen functional groups attached to an aromatic ring is 1. The van der Waals surface area contributed by atoms with Crippen LogP contribution >= 0.6 is 0 Å². The first-order chi connectivity index (χ1) is 15.6. The van der Waals surface area contributed by atoms with E-state index in [0.29, 0.717) is 11.6 Å². The Labute approximate surface area is 185 Å². The molecule has 0 atom stereocenters. The number of piperidine rings is 1. The number of anilines is 1. The topological polar surface area (TPSA) is 63.8 Å². The summed E-state index contributed by atoms with van der Waals surface area (Å²) in [6.45, 7) is 1.89. The lowest BCUT2D eigenvalue weighted by atomic mass is 9.84. The van der Waals surface area contributed by atoms with E-state index in [1.165, 1.54) is 24.3 Å². The molecule has 0 saturated carbocycles. The van der Waals surface area contributed by atoms with Gasteiger partial charge in [0.1, 0.15) is 11.6 Å². The van der Waals surface area contributed by atoms with E-state index in [4.69, 9.17) is 5.73 Å². The predicted octanol–water partition coefficient (Wildman–Crippen LogP) is 5.14. The number of nitrogens with zero attached hydrogens (tertiary/aromatic N) is 2. The molecule has 5 rings (SSSR count). The fourth-order valence-electron chi connectivity index (χ4n) is 4.62. The maximum Gasteiger partial charge on any atom is 0.123 e. The van der Waals surface area contributed by atoms with Crippen molar-refractivity contribution in [2.24, 2.45) is 0 Å². The summed E-state index contributed by atoms with van der Waals surface area (Å²) in [6.07, 6.45) is 1.97. The molecule has 1 aliphatic heterocycles. The molecule has 1 aromatic heterocycles. The van der Waals surface area contributed by atoms with Gasteiger partial charge in [-0.25, -0.2) is 8.78 Å². The van der Waals surface area contributed by atoms with Gasteiger partial charge in [-0.3, -0.25) is 0 Å². The smallest absolute Gasteiger partial charge is 0.123 e. The highest BCUT2D eigenvalue weighted by atomic mass is 19.1. The third-order valence-electron chi connectivity index (χ3n) is 6.32.